The van der Waals surface area contributed by atoms with E-state index < -0.39 is 0 Å². The Bertz CT molecular complexity index is 541. The number of thioether (sulfide) groups is 1. The number of aromatic amines is 1. The summed E-state index contributed by atoms with van der Waals surface area (Å²) in [6.07, 6.45) is 0. The van der Waals surface area contributed by atoms with Gasteiger partial charge in [-0.1, -0.05) is 18.2 Å². The Morgan fingerprint density at radius 2 is 2.21 bits per heavy atom. The van der Waals surface area contributed by atoms with Gasteiger partial charge in [0.15, 0.2) is 0 Å². The quantitative estimate of drug-likeness (QED) is 0.689. The largest absolute Gasteiger partial charge is 0.433 e. The Labute approximate surface area is 90.3 Å². The minimum atomic E-state index is 0.465. The lowest BCUT2D eigenvalue weighted by atomic mass is 10.1. The normalized spacial score (nSPS) is 13.4. The third kappa shape index (κ3) is 1.14. The van der Waals surface area contributed by atoms with Crippen molar-refractivity contribution in [1.29, 1.82) is 0 Å². The molecule has 70 valence electrons. The molecule has 0 saturated heterocycles. The number of hydrogen-bond acceptors (Lipinski definition) is 3. The monoisotopic (exact) mass is 221 g/mol. The van der Waals surface area contributed by atoms with Crippen molar-refractivity contribution < 1.29 is 4.42 Å². The SMILES string of the molecule is S=c1[nH]c2c(o1)CSc1ccccc1-2. The summed E-state index contributed by atoms with van der Waals surface area (Å²) in [6.45, 7) is 0. The predicted molar refractivity (Wildman–Crippen MR) is 58.9 cm³/mol. The second-order valence-electron chi connectivity index (χ2n) is 3.10. The molecule has 3 rings (SSSR count). The molecule has 2 aromatic rings. The summed E-state index contributed by atoms with van der Waals surface area (Å²) in [5.74, 6) is 1.82. The summed E-state index contributed by atoms with van der Waals surface area (Å²) >= 11 is 6.76. The van der Waals surface area contributed by atoms with Gasteiger partial charge in [0.05, 0.1) is 11.4 Å². The van der Waals surface area contributed by atoms with E-state index in [4.69, 9.17) is 16.6 Å². The topological polar surface area (TPSA) is 28.9 Å². The zero-order valence-electron chi connectivity index (χ0n) is 7.24. The van der Waals surface area contributed by atoms with Gasteiger partial charge < -0.3 is 9.40 Å². The van der Waals surface area contributed by atoms with Crippen LogP contribution in [0.3, 0.4) is 0 Å². The summed E-state index contributed by atoms with van der Waals surface area (Å²) < 4.78 is 5.40. The van der Waals surface area contributed by atoms with Crippen LogP contribution in [0.25, 0.3) is 11.3 Å². The van der Waals surface area contributed by atoms with Crippen LogP contribution in [0.5, 0.6) is 0 Å². The third-order valence-electron chi connectivity index (χ3n) is 2.24. The Morgan fingerprint density at radius 3 is 3.14 bits per heavy atom. The van der Waals surface area contributed by atoms with Gasteiger partial charge >= 0.3 is 0 Å². The minimum absolute atomic E-state index is 0.465. The highest BCUT2D eigenvalue weighted by Crippen LogP contribution is 2.40. The van der Waals surface area contributed by atoms with Crippen molar-refractivity contribution in [3.63, 3.8) is 0 Å². The van der Waals surface area contributed by atoms with Gasteiger partial charge in [0, 0.05) is 10.5 Å². The first kappa shape index (κ1) is 8.32. The van der Waals surface area contributed by atoms with E-state index in [9.17, 15) is 0 Å². The third-order valence-corrected chi connectivity index (χ3v) is 3.50. The fourth-order valence-corrected chi connectivity index (χ4v) is 2.81. The first-order valence-corrected chi connectivity index (χ1v) is 5.68. The van der Waals surface area contributed by atoms with E-state index in [1.807, 2.05) is 12.1 Å². The average Bonchev–Trinajstić information content (AvgIpc) is 2.59. The van der Waals surface area contributed by atoms with E-state index in [1.54, 1.807) is 11.8 Å². The van der Waals surface area contributed by atoms with Crippen LogP contribution in [0, 0.1) is 4.84 Å². The summed E-state index contributed by atoms with van der Waals surface area (Å²) in [5.41, 5.74) is 2.24. The van der Waals surface area contributed by atoms with Gasteiger partial charge in [0.25, 0.3) is 4.84 Å². The molecule has 1 aliphatic heterocycles. The highest BCUT2D eigenvalue weighted by Gasteiger charge is 2.19. The molecule has 1 N–H and O–H groups in total. The molecule has 0 saturated carbocycles. The minimum Gasteiger partial charge on any atom is -0.433 e. The fraction of sp³-hybridized carbons (Fsp3) is 0.100. The molecule has 0 fully saturated rings. The molecule has 1 aromatic heterocycles. The number of hydrogen-bond donors (Lipinski definition) is 1. The fourth-order valence-electron chi connectivity index (χ4n) is 1.62. The summed E-state index contributed by atoms with van der Waals surface area (Å²) in [5, 5.41) is 0. The molecule has 0 unspecified atom stereocenters. The van der Waals surface area contributed by atoms with Crippen LogP contribution in [0.15, 0.2) is 33.6 Å². The van der Waals surface area contributed by atoms with Crippen LogP contribution < -0.4 is 0 Å². The van der Waals surface area contributed by atoms with Gasteiger partial charge in [-0.25, -0.2) is 0 Å². The van der Waals surface area contributed by atoms with E-state index in [2.05, 4.69) is 17.1 Å². The standard InChI is InChI=1S/C10H7NOS2/c13-10-11-9-6-3-1-2-4-8(6)14-5-7(9)12-10/h1-4H,5H2,(H,11,13). The van der Waals surface area contributed by atoms with Gasteiger partial charge in [-0.15, -0.1) is 11.8 Å². The van der Waals surface area contributed by atoms with E-state index >= 15 is 0 Å². The number of rotatable bonds is 0. The molecule has 0 atom stereocenters. The van der Waals surface area contributed by atoms with Crippen LogP contribution in [-0.2, 0) is 5.75 Å². The predicted octanol–water partition coefficient (Wildman–Crippen LogP) is 3.61. The van der Waals surface area contributed by atoms with Crippen molar-refractivity contribution in [2.24, 2.45) is 0 Å². The lowest BCUT2D eigenvalue weighted by Gasteiger charge is -2.12. The molecule has 2 heterocycles. The molecular weight excluding hydrogens is 214 g/mol. The van der Waals surface area contributed by atoms with Crippen LogP contribution in [-0.4, -0.2) is 4.98 Å². The van der Waals surface area contributed by atoms with E-state index in [1.165, 1.54) is 10.5 Å². The second-order valence-corrected chi connectivity index (χ2v) is 4.49. The lowest BCUT2D eigenvalue weighted by molar-refractivity contribution is 0.508. The van der Waals surface area contributed by atoms with Crippen molar-refractivity contribution >= 4 is 24.0 Å². The van der Waals surface area contributed by atoms with E-state index in [0.29, 0.717) is 4.84 Å². The molecule has 1 aliphatic rings. The van der Waals surface area contributed by atoms with Crippen molar-refractivity contribution in [3.05, 3.63) is 34.9 Å². The molecule has 0 amide bonds. The number of H-pyrrole nitrogens is 1. The number of fused-ring (bicyclic) bond motifs is 3. The van der Waals surface area contributed by atoms with Crippen LogP contribution >= 0.6 is 24.0 Å². The number of benzene rings is 1. The maximum absolute atomic E-state index is 5.40. The Kier molecular flexibility index (Phi) is 1.78. The highest BCUT2D eigenvalue weighted by molar-refractivity contribution is 7.98. The van der Waals surface area contributed by atoms with Crippen molar-refractivity contribution in [2.45, 2.75) is 10.6 Å². The first-order valence-electron chi connectivity index (χ1n) is 4.29. The maximum Gasteiger partial charge on any atom is 0.266 e. The van der Waals surface area contributed by atoms with Gasteiger partial charge in [0.1, 0.15) is 5.76 Å². The second kappa shape index (κ2) is 3.00. The van der Waals surface area contributed by atoms with Crippen molar-refractivity contribution in [2.75, 3.05) is 0 Å². The summed E-state index contributed by atoms with van der Waals surface area (Å²) in [7, 11) is 0. The van der Waals surface area contributed by atoms with Crippen LogP contribution in [0.1, 0.15) is 5.76 Å². The Hall–Kier alpha value is -1.00. The van der Waals surface area contributed by atoms with E-state index in [-0.39, 0.29) is 0 Å². The van der Waals surface area contributed by atoms with Crippen molar-refractivity contribution in [3.8, 4) is 11.3 Å². The average molecular weight is 221 g/mol. The number of nitrogens with one attached hydrogen (secondary N) is 1. The van der Waals surface area contributed by atoms with Crippen LogP contribution in [0.4, 0.5) is 0 Å². The van der Waals surface area contributed by atoms with E-state index in [0.717, 1.165) is 17.2 Å². The summed E-state index contributed by atoms with van der Waals surface area (Å²) in [4.78, 5) is 4.84. The highest BCUT2D eigenvalue weighted by atomic mass is 32.2. The zero-order chi connectivity index (χ0) is 9.54. The van der Waals surface area contributed by atoms with Gasteiger partial charge in [-0.05, 0) is 18.3 Å². The molecule has 0 bridgehead atoms. The van der Waals surface area contributed by atoms with Crippen LogP contribution in [0.2, 0.25) is 0 Å². The van der Waals surface area contributed by atoms with Gasteiger partial charge in [0.2, 0.25) is 0 Å². The maximum atomic E-state index is 5.40. The lowest BCUT2D eigenvalue weighted by Crippen LogP contribution is -1.92. The van der Waals surface area contributed by atoms with Gasteiger partial charge in [-0.3, -0.25) is 0 Å². The molecule has 14 heavy (non-hydrogen) atoms. The Balaban J connectivity index is 2.33. The molecule has 0 radical (unpaired) electrons. The number of aromatic nitrogens is 1. The first-order chi connectivity index (χ1) is 6.84. The molecule has 1 aromatic carbocycles. The number of oxazole rings is 1. The molecule has 0 aliphatic carbocycles. The Morgan fingerprint density at radius 1 is 1.36 bits per heavy atom. The molecule has 4 heteroatoms. The zero-order valence-corrected chi connectivity index (χ0v) is 8.87. The molecular formula is C10H7NOS2. The van der Waals surface area contributed by atoms with Gasteiger partial charge in [-0.2, -0.15) is 0 Å². The smallest absolute Gasteiger partial charge is 0.266 e. The summed E-state index contributed by atoms with van der Waals surface area (Å²) in [6, 6.07) is 8.28. The molecule has 2 nitrogen and oxygen atoms in total. The van der Waals surface area contributed by atoms with Crippen molar-refractivity contribution in [1.82, 2.24) is 4.98 Å². The molecule has 0 spiro atoms.